The average Bonchev–Trinajstić information content (AvgIpc) is 3.62. The van der Waals surface area contributed by atoms with Gasteiger partial charge in [0.2, 0.25) is 11.8 Å². The largest absolute Gasteiger partial charge is 0.496 e. The van der Waals surface area contributed by atoms with Gasteiger partial charge in [-0.25, -0.2) is 0 Å². The van der Waals surface area contributed by atoms with Gasteiger partial charge in [-0.15, -0.1) is 0 Å². The predicted octanol–water partition coefficient (Wildman–Crippen LogP) is 2.80. The first-order valence-corrected chi connectivity index (χ1v) is 13.5. The van der Waals surface area contributed by atoms with E-state index < -0.39 is 12.1 Å². The Labute approximate surface area is 216 Å². The van der Waals surface area contributed by atoms with Crippen molar-refractivity contribution in [3.8, 4) is 5.75 Å². The molecule has 9 nitrogen and oxygen atoms in total. The highest BCUT2D eigenvalue weighted by molar-refractivity contribution is 6.02. The van der Waals surface area contributed by atoms with E-state index in [1.54, 1.807) is 25.0 Å². The van der Waals surface area contributed by atoms with Crippen molar-refractivity contribution in [1.29, 1.82) is 0 Å². The Bertz CT molecular complexity index is 1210. The fraction of sp³-hybridized carbons (Fsp3) is 0.571. The highest BCUT2D eigenvalue weighted by atomic mass is 16.5. The summed E-state index contributed by atoms with van der Waals surface area (Å²) < 4.78 is 5.44. The normalized spacial score (nSPS) is 26.0. The van der Waals surface area contributed by atoms with Crippen molar-refractivity contribution in [2.45, 2.75) is 64.0 Å². The number of piperidine rings is 1. The summed E-state index contributed by atoms with van der Waals surface area (Å²) >= 11 is 0. The second-order valence-electron chi connectivity index (χ2n) is 10.6. The quantitative estimate of drug-likeness (QED) is 0.506. The highest BCUT2D eigenvalue weighted by Gasteiger charge is 2.50. The SMILES string of the molecule is CCC(=O)C(CC1CCCNC1=O)NC(=O)C1C2CCCC2CN1C(=O)c1cc2c(OC)cccc2[nH]1. The van der Waals surface area contributed by atoms with Crippen LogP contribution < -0.4 is 15.4 Å². The summed E-state index contributed by atoms with van der Waals surface area (Å²) in [6.45, 7) is 2.94. The monoisotopic (exact) mass is 508 g/mol. The van der Waals surface area contributed by atoms with Crippen LogP contribution in [0.2, 0.25) is 0 Å². The van der Waals surface area contributed by atoms with Crippen LogP contribution in [-0.4, -0.2) is 65.7 Å². The summed E-state index contributed by atoms with van der Waals surface area (Å²) in [4.78, 5) is 57.6. The average molecular weight is 509 g/mol. The summed E-state index contributed by atoms with van der Waals surface area (Å²) in [6, 6.07) is 6.00. The molecule has 198 valence electrons. The third-order valence-corrected chi connectivity index (χ3v) is 8.47. The first-order chi connectivity index (χ1) is 17.9. The highest BCUT2D eigenvalue weighted by Crippen LogP contribution is 2.43. The molecule has 0 radical (unpaired) electrons. The van der Waals surface area contributed by atoms with E-state index in [9.17, 15) is 19.2 Å². The number of nitrogens with zero attached hydrogens (tertiary/aromatic N) is 1. The van der Waals surface area contributed by atoms with Crippen LogP contribution in [0.25, 0.3) is 10.9 Å². The summed E-state index contributed by atoms with van der Waals surface area (Å²) in [5, 5.41) is 6.66. The van der Waals surface area contributed by atoms with Gasteiger partial charge in [0, 0.05) is 36.3 Å². The summed E-state index contributed by atoms with van der Waals surface area (Å²) in [7, 11) is 1.59. The molecule has 0 spiro atoms. The van der Waals surface area contributed by atoms with Crippen LogP contribution in [-0.2, 0) is 14.4 Å². The molecule has 9 heteroatoms. The van der Waals surface area contributed by atoms with E-state index in [1.807, 2.05) is 18.2 Å². The van der Waals surface area contributed by atoms with Crippen molar-refractivity contribution >= 4 is 34.4 Å². The minimum Gasteiger partial charge on any atom is -0.496 e. The van der Waals surface area contributed by atoms with Crippen LogP contribution in [0.1, 0.15) is 62.4 Å². The predicted molar refractivity (Wildman–Crippen MR) is 138 cm³/mol. The number of H-pyrrole nitrogens is 1. The van der Waals surface area contributed by atoms with Crippen LogP contribution in [0.4, 0.5) is 0 Å². The molecular formula is C28H36N4O5. The van der Waals surface area contributed by atoms with E-state index >= 15 is 0 Å². The second kappa shape index (κ2) is 10.6. The lowest BCUT2D eigenvalue weighted by molar-refractivity contribution is -0.133. The molecule has 3 N–H and O–H groups in total. The van der Waals surface area contributed by atoms with Crippen molar-refractivity contribution in [3.05, 3.63) is 30.0 Å². The molecule has 1 saturated carbocycles. The Kier molecular flexibility index (Phi) is 7.22. The van der Waals surface area contributed by atoms with Crippen LogP contribution in [0.15, 0.2) is 24.3 Å². The van der Waals surface area contributed by atoms with Gasteiger partial charge in [0.1, 0.15) is 17.5 Å². The van der Waals surface area contributed by atoms with Gasteiger partial charge in [-0.2, -0.15) is 0 Å². The van der Waals surface area contributed by atoms with Gasteiger partial charge in [0.05, 0.1) is 13.2 Å². The third-order valence-electron chi connectivity index (χ3n) is 8.47. The van der Waals surface area contributed by atoms with E-state index in [0.29, 0.717) is 37.4 Å². The zero-order valence-corrected chi connectivity index (χ0v) is 21.5. The first-order valence-electron chi connectivity index (χ1n) is 13.5. The number of benzene rings is 1. The maximum absolute atomic E-state index is 13.8. The summed E-state index contributed by atoms with van der Waals surface area (Å²) in [6.07, 6.45) is 5.03. The van der Waals surface area contributed by atoms with Crippen molar-refractivity contribution in [1.82, 2.24) is 20.5 Å². The molecule has 1 aromatic heterocycles. The number of ether oxygens (including phenoxy) is 1. The van der Waals surface area contributed by atoms with Gasteiger partial charge in [-0.1, -0.05) is 19.4 Å². The number of hydrogen-bond acceptors (Lipinski definition) is 5. The van der Waals surface area contributed by atoms with Gasteiger partial charge < -0.3 is 25.3 Å². The first kappa shape index (κ1) is 25.3. The van der Waals surface area contributed by atoms with Crippen LogP contribution in [0.3, 0.4) is 0 Å². The molecule has 2 aliphatic heterocycles. The Morgan fingerprint density at radius 2 is 2.03 bits per heavy atom. The zero-order chi connectivity index (χ0) is 26.1. The van der Waals surface area contributed by atoms with E-state index in [1.165, 1.54) is 0 Å². The Hall–Kier alpha value is -3.36. The van der Waals surface area contributed by atoms with Crippen LogP contribution >= 0.6 is 0 Å². The standard InChI is InChI=1S/C28H36N4O5/c1-3-23(33)21(13-16-8-6-12-29-26(16)34)31-27(35)25-18-9-4-7-17(18)15-32(25)28(36)22-14-19-20(30-22)10-5-11-24(19)37-2/h5,10-11,14,16-18,21,25,30H,3-4,6-9,12-13,15H2,1-2H3,(H,29,34)(H,31,35). The van der Waals surface area contributed by atoms with Gasteiger partial charge in [0.15, 0.2) is 5.78 Å². The molecule has 2 saturated heterocycles. The van der Waals surface area contributed by atoms with Gasteiger partial charge >= 0.3 is 0 Å². The number of amides is 3. The zero-order valence-electron chi connectivity index (χ0n) is 21.5. The molecule has 1 aliphatic carbocycles. The number of likely N-dealkylation sites (tertiary alicyclic amines) is 1. The number of carbonyl (C=O) groups is 4. The minimum atomic E-state index is -0.735. The number of carbonyl (C=O) groups excluding carboxylic acids is 4. The molecule has 37 heavy (non-hydrogen) atoms. The number of aromatic nitrogens is 1. The number of hydrogen-bond donors (Lipinski definition) is 3. The molecule has 5 atom stereocenters. The third kappa shape index (κ3) is 4.83. The van der Waals surface area contributed by atoms with Crippen LogP contribution in [0.5, 0.6) is 5.75 Å². The number of aromatic amines is 1. The molecule has 2 aromatic rings. The van der Waals surface area contributed by atoms with Gasteiger partial charge in [-0.05, 0) is 62.1 Å². The van der Waals surface area contributed by atoms with E-state index in [-0.39, 0.29) is 47.7 Å². The number of Topliss-reactive ketones (excluding diaryl/α,β-unsaturated/α-hetero) is 1. The van der Waals surface area contributed by atoms with Crippen LogP contribution in [0, 0.1) is 17.8 Å². The number of rotatable bonds is 8. The lowest BCUT2D eigenvalue weighted by atomic mass is 9.88. The molecule has 5 rings (SSSR count). The Morgan fingerprint density at radius 1 is 1.19 bits per heavy atom. The number of methoxy groups -OCH3 is 1. The van der Waals surface area contributed by atoms with Crippen molar-refractivity contribution in [3.63, 3.8) is 0 Å². The Balaban J connectivity index is 1.38. The van der Waals surface area contributed by atoms with E-state index in [2.05, 4.69) is 15.6 Å². The van der Waals surface area contributed by atoms with Gasteiger partial charge in [0.25, 0.3) is 5.91 Å². The fourth-order valence-electron chi connectivity index (χ4n) is 6.55. The van der Waals surface area contributed by atoms with Crippen molar-refractivity contribution in [2.75, 3.05) is 20.2 Å². The van der Waals surface area contributed by atoms with E-state index in [4.69, 9.17) is 4.74 Å². The molecule has 5 unspecified atom stereocenters. The fourth-order valence-corrected chi connectivity index (χ4v) is 6.55. The molecule has 3 amide bonds. The second-order valence-corrected chi connectivity index (χ2v) is 10.6. The summed E-state index contributed by atoms with van der Waals surface area (Å²) in [5.41, 5.74) is 1.21. The lowest BCUT2D eigenvalue weighted by Gasteiger charge is -2.30. The lowest BCUT2D eigenvalue weighted by Crippen LogP contribution is -2.53. The molecular weight excluding hydrogens is 472 g/mol. The number of fused-ring (bicyclic) bond motifs is 2. The minimum absolute atomic E-state index is 0.0582. The number of nitrogens with one attached hydrogen (secondary N) is 3. The van der Waals surface area contributed by atoms with Crippen molar-refractivity contribution < 1.29 is 23.9 Å². The maximum atomic E-state index is 13.8. The molecule has 3 fully saturated rings. The van der Waals surface area contributed by atoms with Gasteiger partial charge in [-0.3, -0.25) is 19.2 Å². The maximum Gasteiger partial charge on any atom is 0.271 e. The van der Waals surface area contributed by atoms with E-state index in [0.717, 1.165) is 36.6 Å². The molecule has 3 heterocycles. The van der Waals surface area contributed by atoms with Crippen molar-refractivity contribution in [2.24, 2.45) is 17.8 Å². The number of ketones is 1. The molecule has 1 aromatic carbocycles. The molecule has 0 bridgehead atoms. The smallest absolute Gasteiger partial charge is 0.271 e. The summed E-state index contributed by atoms with van der Waals surface area (Å²) in [5.74, 6) is 0.0495. The molecule has 3 aliphatic rings. The Morgan fingerprint density at radius 3 is 2.78 bits per heavy atom. The topological polar surface area (TPSA) is 121 Å².